The molecule has 1 unspecified atom stereocenters. The highest BCUT2D eigenvalue weighted by Gasteiger charge is 2.10. The average Bonchev–Trinajstić information content (AvgIpc) is 2.10. The number of thiocarbonyl (C=S) groups is 1. The van der Waals surface area contributed by atoms with Crippen LogP contribution < -0.4 is 5.73 Å². The Bertz CT molecular complexity index is 345. The van der Waals surface area contributed by atoms with E-state index in [4.69, 9.17) is 41.2 Å². The van der Waals surface area contributed by atoms with Gasteiger partial charge in [-0.2, -0.15) is 0 Å². The minimum absolute atomic E-state index is 0.361. The number of hydrogen-bond acceptors (Lipinski definition) is 1. The van der Waals surface area contributed by atoms with E-state index in [0.717, 1.165) is 18.4 Å². The molecule has 0 saturated carbocycles. The molecule has 0 aliphatic heterocycles. The molecule has 15 heavy (non-hydrogen) atoms. The summed E-state index contributed by atoms with van der Waals surface area (Å²) in [6.45, 7) is 2.08. The zero-order valence-electron chi connectivity index (χ0n) is 8.47. The molecule has 1 nitrogen and oxygen atoms in total. The average molecular weight is 262 g/mol. The van der Waals surface area contributed by atoms with Crippen LogP contribution in [0.5, 0.6) is 0 Å². The molecule has 1 aromatic rings. The second-order valence-electron chi connectivity index (χ2n) is 3.68. The molecule has 1 atom stereocenters. The van der Waals surface area contributed by atoms with Gasteiger partial charge in [-0.3, -0.25) is 0 Å². The minimum Gasteiger partial charge on any atom is -0.393 e. The molecule has 1 aromatic carbocycles. The van der Waals surface area contributed by atoms with Crippen molar-refractivity contribution in [3.05, 3.63) is 33.8 Å². The standard InChI is InChI=1S/C11H13Cl2NS/c1-7(6-11(14)15)5-8-9(12)3-2-4-10(8)13/h2-4,7H,5-6H2,1H3,(H2,14,15). The highest BCUT2D eigenvalue weighted by molar-refractivity contribution is 7.80. The summed E-state index contributed by atoms with van der Waals surface area (Å²) in [5.41, 5.74) is 6.47. The Labute approximate surface area is 106 Å². The van der Waals surface area contributed by atoms with Crippen LogP contribution in [0.15, 0.2) is 18.2 Å². The Morgan fingerprint density at radius 3 is 2.40 bits per heavy atom. The lowest BCUT2D eigenvalue weighted by atomic mass is 9.98. The Kier molecular flexibility index (Phi) is 4.84. The van der Waals surface area contributed by atoms with Crippen LogP contribution in [0.2, 0.25) is 10.0 Å². The van der Waals surface area contributed by atoms with Crippen molar-refractivity contribution >= 4 is 40.4 Å². The highest BCUT2D eigenvalue weighted by atomic mass is 35.5. The maximum Gasteiger partial charge on any atom is 0.0730 e. The molecule has 0 aliphatic rings. The third-order valence-corrected chi connectivity index (χ3v) is 3.04. The van der Waals surface area contributed by atoms with Crippen LogP contribution in [-0.2, 0) is 6.42 Å². The van der Waals surface area contributed by atoms with Gasteiger partial charge in [0.25, 0.3) is 0 Å². The molecule has 0 amide bonds. The van der Waals surface area contributed by atoms with E-state index in [1.807, 2.05) is 18.2 Å². The van der Waals surface area contributed by atoms with Gasteiger partial charge >= 0.3 is 0 Å². The molecule has 0 aromatic heterocycles. The third kappa shape index (κ3) is 3.98. The van der Waals surface area contributed by atoms with E-state index in [9.17, 15) is 0 Å². The first-order valence-electron chi connectivity index (χ1n) is 4.72. The summed E-state index contributed by atoms with van der Waals surface area (Å²) >= 11 is 17.0. The summed E-state index contributed by atoms with van der Waals surface area (Å²) in [4.78, 5) is 0.533. The molecule has 0 bridgehead atoms. The molecule has 0 saturated heterocycles. The smallest absolute Gasteiger partial charge is 0.0730 e. The van der Waals surface area contributed by atoms with Crippen molar-refractivity contribution in [2.75, 3.05) is 0 Å². The van der Waals surface area contributed by atoms with Gasteiger partial charge in [0, 0.05) is 16.5 Å². The molecule has 0 aliphatic carbocycles. The molecule has 82 valence electrons. The molecule has 0 heterocycles. The fourth-order valence-corrected chi connectivity index (χ4v) is 2.33. The third-order valence-electron chi connectivity index (χ3n) is 2.16. The van der Waals surface area contributed by atoms with Crippen molar-refractivity contribution in [2.45, 2.75) is 19.8 Å². The molecule has 1 rings (SSSR count). The van der Waals surface area contributed by atoms with Crippen molar-refractivity contribution in [2.24, 2.45) is 11.7 Å². The summed E-state index contributed by atoms with van der Waals surface area (Å²) in [7, 11) is 0. The number of halogens is 2. The molecule has 4 heteroatoms. The Hall–Kier alpha value is -0.310. The summed E-state index contributed by atoms with van der Waals surface area (Å²) in [6.07, 6.45) is 1.52. The van der Waals surface area contributed by atoms with E-state index in [-0.39, 0.29) is 0 Å². The van der Waals surface area contributed by atoms with Crippen molar-refractivity contribution < 1.29 is 0 Å². The van der Waals surface area contributed by atoms with Crippen molar-refractivity contribution in [3.63, 3.8) is 0 Å². The molecular formula is C11H13Cl2NS. The maximum absolute atomic E-state index is 6.06. The van der Waals surface area contributed by atoms with Crippen LogP contribution in [0, 0.1) is 5.92 Å². The van der Waals surface area contributed by atoms with Gasteiger partial charge in [0.05, 0.1) is 4.99 Å². The normalized spacial score (nSPS) is 12.5. The molecule has 0 radical (unpaired) electrons. The van der Waals surface area contributed by atoms with Crippen molar-refractivity contribution in [3.8, 4) is 0 Å². The zero-order valence-corrected chi connectivity index (χ0v) is 10.8. The topological polar surface area (TPSA) is 26.0 Å². The number of rotatable bonds is 4. The van der Waals surface area contributed by atoms with Crippen LogP contribution in [-0.4, -0.2) is 4.99 Å². The lowest BCUT2D eigenvalue weighted by Gasteiger charge is -2.12. The second-order valence-corrected chi connectivity index (χ2v) is 5.02. The van der Waals surface area contributed by atoms with E-state index in [2.05, 4.69) is 6.92 Å². The van der Waals surface area contributed by atoms with Gasteiger partial charge in [-0.1, -0.05) is 48.4 Å². The zero-order chi connectivity index (χ0) is 11.4. The van der Waals surface area contributed by atoms with E-state index in [0.29, 0.717) is 21.0 Å². The minimum atomic E-state index is 0.361. The first-order chi connectivity index (χ1) is 7.00. The van der Waals surface area contributed by atoms with Crippen LogP contribution >= 0.6 is 35.4 Å². The second kappa shape index (κ2) is 5.69. The Morgan fingerprint density at radius 2 is 1.93 bits per heavy atom. The first-order valence-corrected chi connectivity index (χ1v) is 5.88. The van der Waals surface area contributed by atoms with Crippen LogP contribution in [0.3, 0.4) is 0 Å². The summed E-state index contributed by atoms with van der Waals surface area (Å²) < 4.78 is 0. The van der Waals surface area contributed by atoms with E-state index < -0.39 is 0 Å². The Balaban J connectivity index is 2.76. The van der Waals surface area contributed by atoms with E-state index in [1.165, 1.54) is 0 Å². The maximum atomic E-state index is 6.06. The number of hydrogen-bond donors (Lipinski definition) is 1. The van der Waals surface area contributed by atoms with Crippen molar-refractivity contribution in [1.29, 1.82) is 0 Å². The molecule has 0 fully saturated rings. The first kappa shape index (κ1) is 12.8. The molecular weight excluding hydrogens is 249 g/mol. The van der Waals surface area contributed by atoms with Crippen LogP contribution in [0.1, 0.15) is 18.9 Å². The van der Waals surface area contributed by atoms with Gasteiger partial charge in [-0.25, -0.2) is 0 Å². The van der Waals surface area contributed by atoms with Crippen LogP contribution in [0.25, 0.3) is 0 Å². The van der Waals surface area contributed by atoms with Gasteiger partial charge in [-0.05, 0) is 30.0 Å². The van der Waals surface area contributed by atoms with Gasteiger partial charge < -0.3 is 5.73 Å². The van der Waals surface area contributed by atoms with Gasteiger partial charge in [0.2, 0.25) is 0 Å². The SMILES string of the molecule is CC(CC(N)=S)Cc1c(Cl)cccc1Cl. The fourth-order valence-electron chi connectivity index (χ4n) is 1.49. The largest absolute Gasteiger partial charge is 0.393 e. The van der Waals surface area contributed by atoms with E-state index in [1.54, 1.807) is 0 Å². The fraction of sp³-hybridized carbons (Fsp3) is 0.364. The number of benzene rings is 1. The lowest BCUT2D eigenvalue weighted by molar-refractivity contribution is 0.607. The quantitative estimate of drug-likeness (QED) is 0.834. The summed E-state index contributed by atoms with van der Waals surface area (Å²) in [5.74, 6) is 0.361. The summed E-state index contributed by atoms with van der Waals surface area (Å²) in [6, 6.07) is 5.53. The molecule has 2 N–H and O–H groups in total. The van der Waals surface area contributed by atoms with Crippen molar-refractivity contribution in [1.82, 2.24) is 0 Å². The molecule has 0 spiro atoms. The van der Waals surface area contributed by atoms with Gasteiger partial charge in [-0.15, -0.1) is 0 Å². The van der Waals surface area contributed by atoms with Gasteiger partial charge in [0.1, 0.15) is 0 Å². The monoisotopic (exact) mass is 261 g/mol. The van der Waals surface area contributed by atoms with E-state index >= 15 is 0 Å². The highest BCUT2D eigenvalue weighted by Crippen LogP contribution is 2.27. The Morgan fingerprint density at radius 1 is 1.40 bits per heavy atom. The number of nitrogens with two attached hydrogens (primary N) is 1. The predicted molar refractivity (Wildman–Crippen MR) is 70.7 cm³/mol. The summed E-state index contributed by atoms with van der Waals surface area (Å²) in [5, 5.41) is 1.41. The lowest BCUT2D eigenvalue weighted by Crippen LogP contribution is -2.14. The van der Waals surface area contributed by atoms with Gasteiger partial charge in [0.15, 0.2) is 0 Å². The predicted octanol–water partition coefficient (Wildman–Crippen LogP) is 3.85. The van der Waals surface area contributed by atoms with Crippen LogP contribution in [0.4, 0.5) is 0 Å².